The third-order valence-corrected chi connectivity index (χ3v) is 3.39. The molecule has 19 heavy (non-hydrogen) atoms. The fourth-order valence-electron chi connectivity index (χ4n) is 1.67. The van der Waals surface area contributed by atoms with Crippen LogP contribution in [0.1, 0.15) is 44.7 Å². The summed E-state index contributed by atoms with van der Waals surface area (Å²) in [5.74, 6) is 1.49. The van der Waals surface area contributed by atoms with Gasteiger partial charge < -0.3 is 9.73 Å². The van der Waals surface area contributed by atoms with Crippen molar-refractivity contribution in [3.63, 3.8) is 0 Å². The van der Waals surface area contributed by atoms with Gasteiger partial charge in [-0.05, 0) is 30.4 Å². The van der Waals surface area contributed by atoms with Crippen molar-refractivity contribution in [2.75, 3.05) is 13.1 Å². The standard InChI is InChI=1S/C12H19N5OS/c1-4-6-13-7-5-9-14-16-12(18-9)11-10(8(2)3)15-17-19-11/h8,13H,4-7H2,1-3H3. The highest BCUT2D eigenvalue weighted by Gasteiger charge is 2.18. The zero-order valence-electron chi connectivity index (χ0n) is 11.5. The van der Waals surface area contributed by atoms with E-state index in [0.29, 0.717) is 17.7 Å². The Morgan fingerprint density at radius 1 is 1.21 bits per heavy atom. The van der Waals surface area contributed by atoms with Gasteiger partial charge in [0.2, 0.25) is 5.89 Å². The fourth-order valence-corrected chi connectivity index (χ4v) is 2.41. The van der Waals surface area contributed by atoms with E-state index in [1.807, 2.05) is 0 Å². The lowest BCUT2D eigenvalue weighted by Crippen LogP contribution is -2.17. The molecule has 2 aromatic heterocycles. The summed E-state index contributed by atoms with van der Waals surface area (Å²) in [7, 11) is 0. The summed E-state index contributed by atoms with van der Waals surface area (Å²) < 4.78 is 9.63. The maximum Gasteiger partial charge on any atom is 0.261 e. The number of aromatic nitrogens is 4. The number of hydrogen-bond donors (Lipinski definition) is 1. The molecule has 2 heterocycles. The van der Waals surface area contributed by atoms with Crippen LogP contribution in [0, 0.1) is 0 Å². The van der Waals surface area contributed by atoms with Crippen molar-refractivity contribution in [1.82, 2.24) is 25.1 Å². The summed E-state index contributed by atoms with van der Waals surface area (Å²) in [6.45, 7) is 8.16. The van der Waals surface area contributed by atoms with Crippen LogP contribution in [-0.4, -0.2) is 32.9 Å². The molecule has 0 bridgehead atoms. The van der Waals surface area contributed by atoms with Crippen molar-refractivity contribution < 1.29 is 4.42 Å². The molecule has 0 aliphatic heterocycles. The molecule has 0 aromatic carbocycles. The molecule has 0 fully saturated rings. The Kier molecular flexibility index (Phi) is 4.98. The van der Waals surface area contributed by atoms with E-state index in [4.69, 9.17) is 4.42 Å². The molecule has 0 spiro atoms. The molecule has 2 rings (SSSR count). The molecule has 0 saturated heterocycles. The summed E-state index contributed by atoms with van der Waals surface area (Å²) in [5.41, 5.74) is 0.921. The van der Waals surface area contributed by atoms with Gasteiger partial charge in [-0.1, -0.05) is 25.3 Å². The summed E-state index contributed by atoms with van der Waals surface area (Å²) in [4.78, 5) is 0.885. The molecule has 1 N–H and O–H groups in total. The van der Waals surface area contributed by atoms with Crippen LogP contribution in [0.4, 0.5) is 0 Å². The first-order valence-corrected chi connectivity index (χ1v) is 7.35. The second kappa shape index (κ2) is 6.72. The van der Waals surface area contributed by atoms with E-state index in [9.17, 15) is 0 Å². The second-order valence-corrected chi connectivity index (χ2v) is 5.40. The summed E-state index contributed by atoms with van der Waals surface area (Å²) in [5, 5.41) is 15.6. The van der Waals surface area contributed by atoms with Gasteiger partial charge in [-0.15, -0.1) is 15.3 Å². The monoisotopic (exact) mass is 281 g/mol. The summed E-state index contributed by atoms with van der Waals surface area (Å²) in [6, 6.07) is 0. The normalized spacial score (nSPS) is 11.4. The highest BCUT2D eigenvalue weighted by Crippen LogP contribution is 2.29. The molecule has 0 amide bonds. The Balaban J connectivity index is 2.02. The van der Waals surface area contributed by atoms with Crippen LogP contribution in [0.2, 0.25) is 0 Å². The second-order valence-electron chi connectivity index (χ2n) is 4.64. The largest absolute Gasteiger partial charge is 0.420 e. The van der Waals surface area contributed by atoms with Crippen LogP contribution in [0.25, 0.3) is 10.8 Å². The van der Waals surface area contributed by atoms with Crippen LogP contribution in [-0.2, 0) is 6.42 Å². The van der Waals surface area contributed by atoms with Gasteiger partial charge in [-0.3, -0.25) is 0 Å². The van der Waals surface area contributed by atoms with Crippen LogP contribution in [0.3, 0.4) is 0 Å². The van der Waals surface area contributed by atoms with Gasteiger partial charge in [0.15, 0.2) is 0 Å². The highest BCUT2D eigenvalue weighted by atomic mass is 32.1. The lowest BCUT2D eigenvalue weighted by molar-refractivity contribution is 0.494. The molecule has 0 aliphatic rings. The maximum atomic E-state index is 5.67. The number of rotatable bonds is 7. The van der Waals surface area contributed by atoms with Crippen molar-refractivity contribution >= 4 is 11.5 Å². The van der Waals surface area contributed by atoms with Gasteiger partial charge in [0.05, 0.1) is 5.69 Å². The molecule has 2 aromatic rings. The molecule has 0 saturated carbocycles. The van der Waals surface area contributed by atoms with Crippen LogP contribution < -0.4 is 5.32 Å². The van der Waals surface area contributed by atoms with E-state index in [1.165, 1.54) is 11.5 Å². The average Bonchev–Trinajstić information content (AvgIpc) is 3.02. The molecule has 104 valence electrons. The first kappa shape index (κ1) is 14.1. The molecule has 6 nitrogen and oxygen atoms in total. The van der Waals surface area contributed by atoms with Crippen LogP contribution >= 0.6 is 11.5 Å². The van der Waals surface area contributed by atoms with Crippen molar-refractivity contribution in [1.29, 1.82) is 0 Å². The minimum atomic E-state index is 0.301. The van der Waals surface area contributed by atoms with E-state index in [0.717, 1.165) is 36.5 Å². The Morgan fingerprint density at radius 3 is 2.79 bits per heavy atom. The average molecular weight is 281 g/mol. The van der Waals surface area contributed by atoms with E-state index >= 15 is 0 Å². The van der Waals surface area contributed by atoms with Gasteiger partial charge in [0.1, 0.15) is 4.88 Å². The molecule has 0 aliphatic carbocycles. The number of hydrogen-bond acceptors (Lipinski definition) is 7. The van der Waals surface area contributed by atoms with Crippen LogP contribution in [0.5, 0.6) is 0 Å². The smallest absolute Gasteiger partial charge is 0.261 e. The molecular formula is C12H19N5OS. The topological polar surface area (TPSA) is 76.7 Å². The first-order valence-electron chi connectivity index (χ1n) is 6.58. The zero-order valence-corrected chi connectivity index (χ0v) is 12.3. The molecular weight excluding hydrogens is 262 g/mol. The molecule has 0 radical (unpaired) electrons. The zero-order chi connectivity index (χ0) is 13.7. The number of nitrogens with zero attached hydrogens (tertiary/aromatic N) is 4. The van der Waals surface area contributed by atoms with Gasteiger partial charge >= 0.3 is 0 Å². The Labute approximate surface area is 116 Å². The predicted molar refractivity (Wildman–Crippen MR) is 74.2 cm³/mol. The SMILES string of the molecule is CCCNCCc1nnc(-c2snnc2C(C)C)o1. The van der Waals surface area contributed by atoms with E-state index in [2.05, 4.69) is 45.9 Å². The minimum Gasteiger partial charge on any atom is -0.420 e. The van der Waals surface area contributed by atoms with Crippen molar-refractivity contribution in [2.24, 2.45) is 0 Å². The third kappa shape index (κ3) is 3.57. The number of nitrogens with one attached hydrogen (secondary N) is 1. The Morgan fingerprint density at radius 2 is 2.05 bits per heavy atom. The quantitative estimate of drug-likeness (QED) is 0.784. The van der Waals surface area contributed by atoms with Gasteiger partial charge in [-0.25, -0.2) is 0 Å². The predicted octanol–water partition coefficient (Wildman–Crippen LogP) is 2.25. The van der Waals surface area contributed by atoms with Crippen LogP contribution in [0.15, 0.2) is 4.42 Å². The van der Waals surface area contributed by atoms with Gasteiger partial charge in [0.25, 0.3) is 5.89 Å². The fraction of sp³-hybridized carbons (Fsp3) is 0.667. The first-order chi connectivity index (χ1) is 9.22. The Hall–Kier alpha value is -1.34. The van der Waals surface area contributed by atoms with Crippen molar-refractivity contribution in [3.8, 4) is 10.8 Å². The van der Waals surface area contributed by atoms with Crippen molar-refractivity contribution in [2.45, 2.75) is 39.5 Å². The maximum absolute atomic E-state index is 5.67. The molecule has 0 unspecified atom stereocenters. The highest BCUT2D eigenvalue weighted by molar-refractivity contribution is 7.09. The van der Waals surface area contributed by atoms with E-state index in [1.54, 1.807) is 0 Å². The summed E-state index contributed by atoms with van der Waals surface area (Å²) in [6.07, 6.45) is 1.87. The van der Waals surface area contributed by atoms with Crippen molar-refractivity contribution in [3.05, 3.63) is 11.6 Å². The van der Waals surface area contributed by atoms with Gasteiger partial charge in [-0.2, -0.15) is 0 Å². The van der Waals surface area contributed by atoms with E-state index in [-0.39, 0.29) is 0 Å². The summed E-state index contributed by atoms with van der Waals surface area (Å²) >= 11 is 1.30. The molecule has 0 atom stereocenters. The molecule has 7 heteroatoms. The lowest BCUT2D eigenvalue weighted by atomic mass is 10.1. The minimum absolute atomic E-state index is 0.301. The Bertz CT molecular complexity index is 508. The lowest BCUT2D eigenvalue weighted by Gasteiger charge is -2.00. The van der Waals surface area contributed by atoms with Gasteiger partial charge in [0, 0.05) is 13.0 Å². The third-order valence-electron chi connectivity index (χ3n) is 2.66. The van der Waals surface area contributed by atoms with E-state index < -0.39 is 0 Å².